The van der Waals surface area contributed by atoms with Crippen molar-refractivity contribution in [3.8, 4) is 0 Å². The maximum Gasteiger partial charge on any atom is 0.422 e. The van der Waals surface area contributed by atoms with Crippen LogP contribution >= 0.6 is 0 Å². The lowest BCUT2D eigenvalue weighted by Crippen LogP contribution is -2.37. The van der Waals surface area contributed by atoms with E-state index >= 15 is 0 Å². The van der Waals surface area contributed by atoms with Crippen LogP contribution in [0.4, 0.5) is 17.6 Å². The van der Waals surface area contributed by atoms with Gasteiger partial charge in [-0.3, -0.25) is 0 Å². The molecule has 78 valence electrons. The quantitative estimate of drug-likeness (QED) is 0.355. The molecule has 0 bridgehead atoms. The number of halogens is 4. The first-order chi connectivity index (χ1) is 5.81. The van der Waals surface area contributed by atoms with Crippen LogP contribution in [0.2, 0.25) is 0 Å². The van der Waals surface area contributed by atoms with Gasteiger partial charge < -0.3 is 0 Å². The van der Waals surface area contributed by atoms with Crippen LogP contribution in [0.25, 0.3) is 0 Å². The van der Waals surface area contributed by atoms with E-state index in [0.29, 0.717) is 19.8 Å². The van der Waals surface area contributed by atoms with Crippen molar-refractivity contribution in [2.45, 2.75) is 44.5 Å². The van der Waals surface area contributed by atoms with Crippen LogP contribution in [0.15, 0.2) is 12.7 Å². The Kier molecular flexibility index (Phi) is 4.44. The molecule has 0 radical (unpaired) electrons. The van der Waals surface area contributed by atoms with E-state index in [-0.39, 0.29) is 6.42 Å². The molecular formula is C9H14F4. The average molecular weight is 198 g/mol. The Morgan fingerprint density at radius 3 is 2.08 bits per heavy atom. The Morgan fingerprint density at radius 1 is 1.15 bits per heavy atom. The van der Waals surface area contributed by atoms with Gasteiger partial charge in [-0.05, 0) is 32.6 Å². The molecule has 0 fully saturated rings. The van der Waals surface area contributed by atoms with Gasteiger partial charge in [-0.25, -0.2) is 4.39 Å². The topological polar surface area (TPSA) is 0 Å². The molecule has 0 saturated heterocycles. The van der Waals surface area contributed by atoms with Crippen LogP contribution in [0.3, 0.4) is 0 Å². The van der Waals surface area contributed by atoms with Crippen LogP contribution in [-0.2, 0) is 0 Å². The van der Waals surface area contributed by atoms with Gasteiger partial charge in [0, 0.05) is 0 Å². The van der Waals surface area contributed by atoms with Crippen molar-refractivity contribution in [2.24, 2.45) is 0 Å². The second-order valence-electron chi connectivity index (χ2n) is 3.23. The van der Waals surface area contributed by atoms with Gasteiger partial charge >= 0.3 is 6.18 Å². The molecule has 13 heavy (non-hydrogen) atoms. The molecule has 0 nitrogen and oxygen atoms in total. The largest absolute Gasteiger partial charge is 0.422 e. The molecule has 0 spiro atoms. The zero-order valence-corrected chi connectivity index (χ0v) is 7.62. The van der Waals surface area contributed by atoms with Gasteiger partial charge in [-0.2, -0.15) is 13.2 Å². The summed E-state index contributed by atoms with van der Waals surface area (Å²) in [6.45, 7) is 4.01. The fourth-order valence-corrected chi connectivity index (χ4v) is 0.887. The van der Waals surface area contributed by atoms with Gasteiger partial charge in [0.25, 0.3) is 0 Å². The van der Waals surface area contributed by atoms with Gasteiger partial charge in [-0.15, -0.1) is 6.58 Å². The molecule has 0 aromatic heterocycles. The summed E-state index contributed by atoms with van der Waals surface area (Å²) in [6, 6.07) is 0. The van der Waals surface area contributed by atoms with Gasteiger partial charge in [0.05, 0.1) is 0 Å². The van der Waals surface area contributed by atoms with Crippen LogP contribution in [0, 0.1) is 0 Å². The SMILES string of the molecule is C=CCCCCC(C)(F)C(F)(F)F. The Bertz CT molecular complexity index is 157. The predicted molar refractivity (Wildman–Crippen MR) is 44.2 cm³/mol. The van der Waals surface area contributed by atoms with Gasteiger partial charge in [-0.1, -0.05) is 6.08 Å². The summed E-state index contributed by atoms with van der Waals surface area (Å²) in [4.78, 5) is 0. The lowest BCUT2D eigenvalue weighted by molar-refractivity contribution is -0.226. The van der Waals surface area contributed by atoms with E-state index < -0.39 is 18.3 Å². The van der Waals surface area contributed by atoms with E-state index in [4.69, 9.17) is 0 Å². The Balaban J connectivity index is 3.83. The van der Waals surface area contributed by atoms with E-state index in [2.05, 4.69) is 6.58 Å². The van der Waals surface area contributed by atoms with Crippen molar-refractivity contribution < 1.29 is 17.6 Å². The summed E-state index contributed by atoms with van der Waals surface area (Å²) >= 11 is 0. The molecule has 0 aliphatic carbocycles. The highest BCUT2D eigenvalue weighted by Gasteiger charge is 2.51. The first kappa shape index (κ1) is 12.5. The highest BCUT2D eigenvalue weighted by molar-refractivity contribution is 4.82. The minimum atomic E-state index is -4.75. The van der Waals surface area contributed by atoms with Gasteiger partial charge in [0.1, 0.15) is 0 Å². The maximum atomic E-state index is 12.9. The minimum absolute atomic E-state index is 0.235. The zero-order valence-electron chi connectivity index (χ0n) is 7.62. The summed E-state index contributed by atoms with van der Waals surface area (Å²) in [7, 11) is 0. The number of hydrogen-bond acceptors (Lipinski definition) is 0. The molecule has 0 N–H and O–H groups in total. The van der Waals surface area contributed by atoms with Gasteiger partial charge in [0.15, 0.2) is 0 Å². The van der Waals surface area contributed by atoms with Crippen LogP contribution in [0.1, 0.15) is 32.6 Å². The summed E-state index contributed by atoms with van der Waals surface area (Å²) in [5, 5.41) is 0. The Labute approximate surface area is 75.6 Å². The highest BCUT2D eigenvalue weighted by Crippen LogP contribution is 2.37. The lowest BCUT2D eigenvalue weighted by atomic mass is 10.00. The average Bonchev–Trinajstić information content (AvgIpc) is 1.96. The lowest BCUT2D eigenvalue weighted by Gasteiger charge is -2.23. The Hall–Kier alpha value is -0.540. The molecule has 0 aliphatic heterocycles. The molecule has 0 saturated carbocycles. The standard InChI is InChI=1S/C9H14F4/c1-3-4-5-6-7-8(2,10)9(11,12)13/h3H,1,4-7H2,2H3. The van der Waals surface area contributed by atoms with Crippen LogP contribution in [-0.4, -0.2) is 11.8 Å². The third kappa shape index (κ3) is 4.29. The predicted octanol–water partition coefficient (Wildman–Crippen LogP) is 4.02. The van der Waals surface area contributed by atoms with E-state index in [1.54, 1.807) is 6.08 Å². The minimum Gasteiger partial charge on any atom is -0.234 e. The second kappa shape index (κ2) is 4.63. The van der Waals surface area contributed by atoms with Gasteiger partial charge in [0.2, 0.25) is 5.67 Å². The van der Waals surface area contributed by atoms with Crippen LogP contribution < -0.4 is 0 Å². The number of rotatable bonds is 5. The summed E-state index contributed by atoms with van der Waals surface area (Å²) in [5.74, 6) is 0. The molecule has 0 rings (SSSR count). The van der Waals surface area contributed by atoms with Crippen molar-refractivity contribution in [2.75, 3.05) is 0 Å². The summed E-state index contributed by atoms with van der Waals surface area (Å²) < 4.78 is 48.7. The van der Waals surface area contributed by atoms with E-state index in [1.807, 2.05) is 0 Å². The number of allylic oxidation sites excluding steroid dienone is 1. The molecule has 4 heteroatoms. The number of hydrogen-bond donors (Lipinski definition) is 0. The number of unbranched alkanes of at least 4 members (excludes halogenated alkanes) is 2. The number of alkyl halides is 4. The summed E-state index contributed by atoms with van der Waals surface area (Å²) in [5.41, 5.74) is -3.05. The van der Waals surface area contributed by atoms with Crippen molar-refractivity contribution in [1.82, 2.24) is 0 Å². The molecular weight excluding hydrogens is 184 g/mol. The fourth-order valence-electron chi connectivity index (χ4n) is 0.887. The molecule has 0 amide bonds. The fraction of sp³-hybridized carbons (Fsp3) is 0.778. The molecule has 0 heterocycles. The zero-order chi connectivity index (χ0) is 10.5. The molecule has 1 atom stereocenters. The molecule has 1 unspecified atom stereocenters. The van der Waals surface area contributed by atoms with Crippen molar-refractivity contribution >= 4 is 0 Å². The highest BCUT2D eigenvalue weighted by atomic mass is 19.4. The maximum absolute atomic E-state index is 12.9. The monoisotopic (exact) mass is 198 g/mol. The Morgan fingerprint density at radius 2 is 1.69 bits per heavy atom. The third-order valence-corrected chi connectivity index (χ3v) is 1.90. The van der Waals surface area contributed by atoms with E-state index in [0.717, 1.165) is 0 Å². The first-order valence-electron chi connectivity index (χ1n) is 4.18. The van der Waals surface area contributed by atoms with Crippen LogP contribution in [0.5, 0.6) is 0 Å². The second-order valence-corrected chi connectivity index (χ2v) is 3.23. The molecule has 0 aromatic rings. The smallest absolute Gasteiger partial charge is 0.234 e. The molecule has 0 aliphatic rings. The van der Waals surface area contributed by atoms with E-state index in [1.165, 1.54) is 0 Å². The van der Waals surface area contributed by atoms with Crippen molar-refractivity contribution in [3.05, 3.63) is 12.7 Å². The summed E-state index contributed by atoms with van der Waals surface area (Å²) in [6.07, 6.45) is -2.18. The van der Waals surface area contributed by atoms with E-state index in [9.17, 15) is 17.6 Å². The van der Waals surface area contributed by atoms with Crippen molar-refractivity contribution in [3.63, 3.8) is 0 Å². The first-order valence-corrected chi connectivity index (χ1v) is 4.18. The normalized spacial score (nSPS) is 16.7. The third-order valence-electron chi connectivity index (χ3n) is 1.90. The molecule has 0 aromatic carbocycles. The van der Waals surface area contributed by atoms with Crippen molar-refractivity contribution in [1.29, 1.82) is 0 Å².